The fourth-order valence-electron chi connectivity index (χ4n) is 2.23. The van der Waals surface area contributed by atoms with Crippen molar-refractivity contribution >= 4 is 46.2 Å². The predicted molar refractivity (Wildman–Crippen MR) is 102 cm³/mol. The highest BCUT2D eigenvalue weighted by molar-refractivity contribution is 7.80. The number of thiocarbonyl (C=S) groups is 1. The zero-order valence-corrected chi connectivity index (χ0v) is 15.7. The van der Waals surface area contributed by atoms with Crippen molar-refractivity contribution in [2.45, 2.75) is 33.7 Å². The molecule has 0 atom stereocenters. The second-order valence-electron chi connectivity index (χ2n) is 5.35. The fraction of sp³-hybridized carbons (Fsp3) is 0.375. The highest BCUT2D eigenvalue weighted by atomic mass is 35.5. The third-order valence-electron chi connectivity index (χ3n) is 3.64. The van der Waals surface area contributed by atoms with Crippen LogP contribution in [0.5, 0.6) is 0 Å². The third-order valence-corrected chi connectivity index (χ3v) is 4.84. The normalized spacial score (nSPS) is 10.7. The Morgan fingerprint density at radius 3 is 2.65 bits per heavy atom. The first kappa shape index (κ1) is 18.0. The molecule has 0 saturated heterocycles. The zero-order chi connectivity index (χ0) is 17.0. The summed E-state index contributed by atoms with van der Waals surface area (Å²) in [4.78, 5) is 0. The molecule has 7 heteroatoms. The van der Waals surface area contributed by atoms with Gasteiger partial charge in [0.2, 0.25) is 0 Å². The molecule has 23 heavy (non-hydrogen) atoms. The first-order valence-electron chi connectivity index (χ1n) is 7.39. The molecule has 0 aliphatic rings. The second kappa shape index (κ2) is 7.99. The maximum absolute atomic E-state index is 6.14. The Bertz CT molecular complexity index is 712. The Morgan fingerprint density at radius 1 is 1.26 bits per heavy atom. The largest absolute Gasteiger partial charge is 0.362 e. The van der Waals surface area contributed by atoms with Crippen LogP contribution >= 0.6 is 35.4 Å². The minimum Gasteiger partial charge on any atom is -0.362 e. The van der Waals surface area contributed by atoms with Gasteiger partial charge in [0.1, 0.15) is 0 Å². The molecule has 0 saturated carbocycles. The van der Waals surface area contributed by atoms with Crippen LogP contribution in [0, 0.1) is 20.8 Å². The van der Waals surface area contributed by atoms with E-state index in [-0.39, 0.29) is 0 Å². The van der Waals surface area contributed by atoms with Gasteiger partial charge in [0.25, 0.3) is 0 Å². The van der Waals surface area contributed by atoms with Crippen molar-refractivity contribution in [1.82, 2.24) is 15.1 Å². The molecule has 2 rings (SSSR count). The number of benzene rings is 1. The molecule has 2 aromatic rings. The van der Waals surface area contributed by atoms with Crippen molar-refractivity contribution in [3.05, 3.63) is 45.2 Å². The average Bonchev–Trinajstić information content (AvgIpc) is 2.76. The van der Waals surface area contributed by atoms with Crippen molar-refractivity contribution in [3.63, 3.8) is 0 Å². The number of aryl methyl sites for hydroxylation is 2. The van der Waals surface area contributed by atoms with Gasteiger partial charge < -0.3 is 10.6 Å². The molecule has 2 N–H and O–H groups in total. The van der Waals surface area contributed by atoms with E-state index in [1.54, 1.807) is 0 Å². The summed E-state index contributed by atoms with van der Waals surface area (Å²) in [6.45, 7) is 7.40. The number of hydrogen-bond donors (Lipinski definition) is 2. The van der Waals surface area contributed by atoms with Gasteiger partial charge in [0, 0.05) is 23.8 Å². The molecule has 4 nitrogen and oxygen atoms in total. The molecule has 1 aromatic carbocycles. The summed E-state index contributed by atoms with van der Waals surface area (Å²) >= 11 is 17.5. The van der Waals surface area contributed by atoms with Gasteiger partial charge in [-0.1, -0.05) is 29.3 Å². The van der Waals surface area contributed by atoms with E-state index >= 15 is 0 Å². The molecule has 0 bridgehead atoms. The lowest BCUT2D eigenvalue weighted by Crippen LogP contribution is -2.30. The molecule has 0 radical (unpaired) electrons. The molecule has 0 spiro atoms. The predicted octanol–water partition coefficient (Wildman–Crippen LogP) is 4.49. The Kier molecular flexibility index (Phi) is 6.27. The van der Waals surface area contributed by atoms with Gasteiger partial charge in [0.15, 0.2) is 5.11 Å². The van der Waals surface area contributed by atoms with E-state index in [9.17, 15) is 0 Å². The molecule has 1 aromatic heterocycles. The van der Waals surface area contributed by atoms with Crippen LogP contribution in [-0.2, 0) is 6.54 Å². The Hall–Kier alpha value is -1.30. The number of nitrogens with one attached hydrogen (secondary N) is 2. The molecule has 1 heterocycles. The number of anilines is 1. The van der Waals surface area contributed by atoms with Crippen LogP contribution in [0.3, 0.4) is 0 Å². The van der Waals surface area contributed by atoms with E-state index in [0.717, 1.165) is 52.2 Å². The van der Waals surface area contributed by atoms with Gasteiger partial charge in [-0.15, -0.1) is 0 Å². The number of halogens is 2. The number of rotatable bonds is 5. The summed E-state index contributed by atoms with van der Waals surface area (Å²) in [5.41, 5.74) is 3.76. The van der Waals surface area contributed by atoms with E-state index < -0.39 is 0 Å². The third kappa shape index (κ3) is 4.59. The lowest BCUT2D eigenvalue weighted by atomic mass is 10.2. The molecule has 0 aliphatic carbocycles. The summed E-state index contributed by atoms with van der Waals surface area (Å²) in [7, 11) is 0. The smallest absolute Gasteiger partial charge is 0.170 e. The van der Waals surface area contributed by atoms with Crippen molar-refractivity contribution in [2.75, 3.05) is 11.9 Å². The summed E-state index contributed by atoms with van der Waals surface area (Å²) in [6, 6.07) is 5.71. The monoisotopic (exact) mass is 370 g/mol. The van der Waals surface area contributed by atoms with Crippen LogP contribution in [0.2, 0.25) is 10.0 Å². The topological polar surface area (TPSA) is 41.9 Å². The van der Waals surface area contributed by atoms with Crippen molar-refractivity contribution < 1.29 is 0 Å². The van der Waals surface area contributed by atoms with Crippen molar-refractivity contribution in [1.29, 1.82) is 0 Å². The maximum Gasteiger partial charge on any atom is 0.170 e. The fourth-order valence-corrected chi connectivity index (χ4v) is 2.75. The SMILES string of the molecule is Cc1nn(CCCNC(=S)Nc2cccc(Cl)c2C)c(C)c1Cl. The molecular formula is C16H20Cl2N4S. The van der Waals surface area contributed by atoms with Gasteiger partial charge in [-0.2, -0.15) is 5.10 Å². The van der Waals surface area contributed by atoms with E-state index in [2.05, 4.69) is 15.7 Å². The van der Waals surface area contributed by atoms with Crippen molar-refractivity contribution in [2.24, 2.45) is 0 Å². The molecule has 0 aliphatic heterocycles. The van der Waals surface area contributed by atoms with Crippen LogP contribution in [-0.4, -0.2) is 21.4 Å². The Morgan fingerprint density at radius 2 is 2.00 bits per heavy atom. The lowest BCUT2D eigenvalue weighted by molar-refractivity contribution is 0.558. The van der Waals surface area contributed by atoms with Crippen LogP contribution in [0.25, 0.3) is 0 Å². The van der Waals surface area contributed by atoms with Crippen LogP contribution in [0.4, 0.5) is 5.69 Å². The van der Waals surface area contributed by atoms with E-state index in [1.165, 1.54) is 0 Å². The quantitative estimate of drug-likeness (QED) is 0.600. The zero-order valence-electron chi connectivity index (χ0n) is 13.4. The Balaban J connectivity index is 1.79. The van der Waals surface area contributed by atoms with Crippen LogP contribution in [0.1, 0.15) is 23.4 Å². The summed E-state index contributed by atoms with van der Waals surface area (Å²) in [5, 5.41) is 12.8. The number of hydrogen-bond acceptors (Lipinski definition) is 2. The average molecular weight is 371 g/mol. The summed E-state index contributed by atoms with van der Waals surface area (Å²) < 4.78 is 1.93. The van der Waals surface area contributed by atoms with Crippen molar-refractivity contribution in [3.8, 4) is 0 Å². The number of nitrogens with zero attached hydrogens (tertiary/aromatic N) is 2. The summed E-state index contributed by atoms with van der Waals surface area (Å²) in [6.07, 6.45) is 0.897. The van der Waals surface area contributed by atoms with Gasteiger partial charge in [-0.3, -0.25) is 4.68 Å². The minimum absolute atomic E-state index is 0.585. The van der Waals surface area contributed by atoms with E-state index in [0.29, 0.717) is 5.11 Å². The standard InChI is InChI=1S/C16H20Cl2N4S/c1-10-13(17)6-4-7-14(10)20-16(23)19-8-5-9-22-12(3)15(18)11(2)21-22/h4,6-7H,5,8-9H2,1-3H3,(H2,19,20,23). The molecule has 124 valence electrons. The first-order valence-corrected chi connectivity index (χ1v) is 8.56. The lowest BCUT2D eigenvalue weighted by Gasteiger charge is -2.13. The molecular weight excluding hydrogens is 351 g/mol. The van der Waals surface area contributed by atoms with Gasteiger partial charge in [0.05, 0.1) is 16.4 Å². The van der Waals surface area contributed by atoms with Crippen LogP contribution in [0.15, 0.2) is 18.2 Å². The maximum atomic E-state index is 6.14. The highest BCUT2D eigenvalue weighted by Crippen LogP contribution is 2.22. The molecule has 0 fully saturated rings. The number of aromatic nitrogens is 2. The van der Waals surface area contributed by atoms with Gasteiger partial charge in [-0.25, -0.2) is 0 Å². The van der Waals surface area contributed by atoms with E-state index in [4.69, 9.17) is 35.4 Å². The van der Waals surface area contributed by atoms with Gasteiger partial charge in [-0.05, 0) is 57.1 Å². The first-order chi connectivity index (χ1) is 10.9. The second-order valence-corrected chi connectivity index (χ2v) is 6.55. The van der Waals surface area contributed by atoms with E-state index in [1.807, 2.05) is 43.7 Å². The minimum atomic E-state index is 0.585. The van der Waals surface area contributed by atoms with Gasteiger partial charge >= 0.3 is 0 Å². The summed E-state index contributed by atoms with van der Waals surface area (Å²) in [5.74, 6) is 0. The van der Waals surface area contributed by atoms with Crippen LogP contribution < -0.4 is 10.6 Å². The Labute approximate surface area is 152 Å². The molecule has 0 amide bonds. The molecule has 0 unspecified atom stereocenters. The highest BCUT2D eigenvalue weighted by Gasteiger charge is 2.08.